The molecule has 17 heavy (non-hydrogen) atoms. The van der Waals surface area contributed by atoms with Crippen molar-refractivity contribution in [3.05, 3.63) is 29.8 Å². The van der Waals surface area contributed by atoms with Gasteiger partial charge >= 0.3 is 5.97 Å². The molecule has 1 N–H and O–H groups in total. The first-order valence-electron chi connectivity index (χ1n) is 5.38. The fourth-order valence-corrected chi connectivity index (χ4v) is 1.47. The Morgan fingerprint density at radius 1 is 1.29 bits per heavy atom. The molecular formula is C12H14O5. The number of benzene rings is 1. The molecule has 1 fully saturated rings. The van der Waals surface area contributed by atoms with Gasteiger partial charge in [-0.05, 0) is 31.2 Å². The van der Waals surface area contributed by atoms with Gasteiger partial charge in [0.25, 0.3) is 0 Å². The third-order valence-corrected chi connectivity index (χ3v) is 2.41. The number of rotatable bonds is 2. The second kappa shape index (κ2) is 5.16. The van der Waals surface area contributed by atoms with Crippen LogP contribution in [0.3, 0.4) is 0 Å². The Balaban J connectivity index is 1.91. The molecule has 1 heterocycles. The zero-order chi connectivity index (χ0) is 12.3. The number of esters is 1. The van der Waals surface area contributed by atoms with Crippen molar-refractivity contribution in [1.29, 1.82) is 0 Å². The van der Waals surface area contributed by atoms with Crippen LogP contribution in [-0.2, 0) is 14.2 Å². The van der Waals surface area contributed by atoms with Gasteiger partial charge in [0, 0.05) is 0 Å². The van der Waals surface area contributed by atoms with Gasteiger partial charge in [0.15, 0.2) is 6.29 Å². The highest BCUT2D eigenvalue weighted by Crippen LogP contribution is 2.13. The maximum atomic E-state index is 11.7. The van der Waals surface area contributed by atoms with E-state index >= 15 is 0 Å². The standard InChI is InChI=1S/C12H14O5/c1-8-15-6-11(7-16-8)17-12(14)9-2-4-10(13)5-3-9/h2-5,8,11,13H,6-7H2,1H3. The van der Waals surface area contributed by atoms with Crippen LogP contribution >= 0.6 is 0 Å². The summed E-state index contributed by atoms with van der Waals surface area (Å²) in [5, 5.41) is 9.10. The Kier molecular flexibility index (Phi) is 3.61. The number of carbonyl (C=O) groups excluding carboxylic acids is 1. The van der Waals surface area contributed by atoms with Crippen LogP contribution in [0.15, 0.2) is 24.3 Å². The molecule has 0 aliphatic carbocycles. The number of hydrogen-bond acceptors (Lipinski definition) is 5. The van der Waals surface area contributed by atoms with E-state index in [0.29, 0.717) is 18.8 Å². The van der Waals surface area contributed by atoms with Crippen LogP contribution in [-0.4, -0.2) is 36.7 Å². The lowest BCUT2D eigenvalue weighted by molar-refractivity contribution is -0.207. The number of ether oxygens (including phenoxy) is 3. The molecule has 0 saturated carbocycles. The van der Waals surface area contributed by atoms with Gasteiger partial charge in [-0.1, -0.05) is 0 Å². The molecule has 0 bridgehead atoms. The molecule has 5 heteroatoms. The number of aromatic hydroxyl groups is 1. The summed E-state index contributed by atoms with van der Waals surface area (Å²) in [7, 11) is 0. The number of carbonyl (C=O) groups is 1. The third kappa shape index (κ3) is 3.18. The minimum atomic E-state index is -0.447. The minimum Gasteiger partial charge on any atom is -0.508 e. The maximum Gasteiger partial charge on any atom is 0.338 e. The zero-order valence-electron chi connectivity index (χ0n) is 9.46. The predicted octanol–water partition coefficient (Wildman–Crippen LogP) is 1.31. The monoisotopic (exact) mass is 238 g/mol. The van der Waals surface area contributed by atoms with E-state index in [4.69, 9.17) is 19.3 Å². The van der Waals surface area contributed by atoms with Crippen molar-refractivity contribution < 1.29 is 24.1 Å². The van der Waals surface area contributed by atoms with Crippen LogP contribution in [0.4, 0.5) is 0 Å². The van der Waals surface area contributed by atoms with E-state index in [-0.39, 0.29) is 18.1 Å². The largest absolute Gasteiger partial charge is 0.508 e. The normalized spacial score (nSPS) is 24.3. The predicted molar refractivity (Wildman–Crippen MR) is 58.7 cm³/mol. The van der Waals surface area contributed by atoms with E-state index in [9.17, 15) is 4.79 Å². The van der Waals surface area contributed by atoms with Crippen LogP contribution in [0.1, 0.15) is 17.3 Å². The Bertz CT molecular complexity index is 378. The van der Waals surface area contributed by atoms with E-state index < -0.39 is 5.97 Å². The molecule has 0 amide bonds. The molecule has 92 valence electrons. The average molecular weight is 238 g/mol. The summed E-state index contributed by atoms with van der Waals surface area (Å²) in [4.78, 5) is 11.7. The van der Waals surface area contributed by atoms with Crippen LogP contribution in [0.2, 0.25) is 0 Å². The van der Waals surface area contributed by atoms with Crippen LogP contribution < -0.4 is 0 Å². The van der Waals surface area contributed by atoms with Gasteiger partial charge in [-0.25, -0.2) is 4.79 Å². The summed E-state index contributed by atoms with van der Waals surface area (Å²) < 4.78 is 15.6. The van der Waals surface area contributed by atoms with Crippen molar-refractivity contribution in [2.75, 3.05) is 13.2 Å². The third-order valence-electron chi connectivity index (χ3n) is 2.41. The van der Waals surface area contributed by atoms with Crippen molar-refractivity contribution in [3.8, 4) is 5.75 Å². The van der Waals surface area contributed by atoms with Crippen molar-refractivity contribution >= 4 is 5.97 Å². The van der Waals surface area contributed by atoms with E-state index in [1.54, 1.807) is 6.92 Å². The molecule has 0 unspecified atom stereocenters. The van der Waals surface area contributed by atoms with Gasteiger partial charge in [-0.15, -0.1) is 0 Å². The lowest BCUT2D eigenvalue weighted by atomic mass is 10.2. The molecule has 0 spiro atoms. The summed E-state index contributed by atoms with van der Waals surface area (Å²) in [6, 6.07) is 5.88. The fourth-order valence-electron chi connectivity index (χ4n) is 1.47. The Labute approximate surface area is 98.9 Å². The molecule has 1 aliphatic heterocycles. The van der Waals surface area contributed by atoms with Gasteiger partial charge < -0.3 is 19.3 Å². The van der Waals surface area contributed by atoms with Crippen LogP contribution in [0.25, 0.3) is 0 Å². The zero-order valence-corrected chi connectivity index (χ0v) is 9.46. The SMILES string of the molecule is CC1OCC(OC(=O)c2ccc(O)cc2)CO1. The molecule has 1 aromatic carbocycles. The molecule has 0 radical (unpaired) electrons. The second-order valence-electron chi connectivity index (χ2n) is 3.81. The van der Waals surface area contributed by atoms with Gasteiger partial charge in [0.1, 0.15) is 11.9 Å². The topological polar surface area (TPSA) is 65.0 Å². The highest BCUT2D eigenvalue weighted by atomic mass is 16.7. The quantitative estimate of drug-likeness (QED) is 0.787. The molecule has 0 atom stereocenters. The molecule has 0 aromatic heterocycles. The summed E-state index contributed by atoms with van der Waals surface area (Å²) in [6.45, 7) is 2.47. The highest BCUT2D eigenvalue weighted by molar-refractivity contribution is 5.89. The van der Waals surface area contributed by atoms with Crippen LogP contribution in [0, 0.1) is 0 Å². The molecular weight excluding hydrogens is 224 g/mol. The lowest BCUT2D eigenvalue weighted by Gasteiger charge is -2.26. The minimum absolute atomic E-state index is 0.111. The average Bonchev–Trinajstić information content (AvgIpc) is 2.33. The first kappa shape index (κ1) is 11.9. The van der Waals surface area contributed by atoms with Crippen molar-refractivity contribution in [2.24, 2.45) is 0 Å². The highest BCUT2D eigenvalue weighted by Gasteiger charge is 2.22. The maximum absolute atomic E-state index is 11.7. The van der Waals surface area contributed by atoms with Gasteiger partial charge in [-0.2, -0.15) is 0 Å². The van der Waals surface area contributed by atoms with Gasteiger partial charge in [0.2, 0.25) is 0 Å². The van der Waals surface area contributed by atoms with E-state index in [2.05, 4.69) is 0 Å². The number of hydrogen-bond donors (Lipinski definition) is 1. The summed E-state index contributed by atoms with van der Waals surface area (Å²) in [5.74, 6) is -0.337. The fraction of sp³-hybridized carbons (Fsp3) is 0.417. The van der Waals surface area contributed by atoms with Crippen molar-refractivity contribution in [2.45, 2.75) is 19.3 Å². The summed E-state index contributed by atoms with van der Waals surface area (Å²) in [6.07, 6.45) is -0.633. The Hall–Kier alpha value is -1.59. The molecule has 2 rings (SSSR count). The first-order chi connectivity index (χ1) is 8.15. The molecule has 1 aliphatic rings. The Morgan fingerprint density at radius 2 is 1.88 bits per heavy atom. The van der Waals surface area contributed by atoms with Gasteiger partial charge in [-0.3, -0.25) is 0 Å². The first-order valence-corrected chi connectivity index (χ1v) is 5.38. The molecule has 1 aromatic rings. The lowest BCUT2D eigenvalue weighted by Crippen LogP contribution is -2.37. The smallest absolute Gasteiger partial charge is 0.338 e. The van der Waals surface area contributed by atoms with E-state index in [0.717, 1.165) is 0 Å². The molecule has 1 saturated heterocycles. The summed E-state index contributed by atoms with van der Waals surface area (Å²) in [5.41, 5.74) is 0.390. The number of phenols is 1. The van der Waals surface area contributed by atoms with E-state index in [1.165, 1.54) is 24.3 Å². The number of phenolic OH excluding ortho intramolecular Hbond substituents is 1. The molecule has 5 nitrogen and oxygen atoms in total. The second-order valence-corrected chi connectivity index (χ2v) is 3.81. The van der Waals surface area contributed by atoms with Crippen molar-refractivity contribution in [3.63, 3.8) is 0 Å². The van der Waals surface area contributed by atoms with Gasteiger partial charge in [0.05, 0.1) is 18.8 Å². The summed E-state index contributed by atoms with van der Waals surface area (Å²) >= 11 is 0. The van der Waals surface area contributed by atoms with E-state index in [1.807, 2.05) is 0 Å². The van der Waals surface area contributed by atoms with Crippen LogP contribution in [0.5, 0.6) is 5.75 Å². The van der Waals surface area contributed by atoms with Crippen molar-refractivity contribution in [1.82, 2.24) is 0 Å². The Morgan fingerprint density at radius 3 is 2.47 bits per heavy atom.